The zero-order valence-electron chi connectivity index (χ0n) is 9.17. The second-order valence-corrected chi connectivity index (χ2v) is 6.40. The van der Waals surface area contributed by atoms with Crippen LogP contribution in [0.1, 0.15) is 12.5 Å². The van der Waals surface area contributed by atoms with Crippen molar-refractivity contribution in [3.8, 4) is 0 Å². The van der Waals surface area contributed by atoms with E-state index in [2.05, 4.69) is 21.0 Å². The van der Waals surface area contributed by atoms with Crippen LogP contribution in [0.15, 0.2) is 23.3 Å². The number of halogens is 3. The summed E-state index contributed by atoms with van der Waals surface area (Å²) in [5.74, 6) is -0.122. The molecule has 2 rings (SSSR count). The number of alkyl halides is 1. The lowest BCUT2D eigenvalue weighted by atomic mass is 9.98. The lowest BCUT2D eigenvalue weighted by molar-refractivity contribution is -0.128. The van der Waals surface area contributed by atoms with E-state index in [1.807, 2.05) is 0 Å². The minimum absolute atomic E-state index is 0.122. The summed E-state index contributed by atoms with van der Waals surface area (Å²) >= 11 is 15.3. The van der Waals surface area contributed by atoms with Gasteiger partial charge in [0.25, 0.3) is 5.91 Å². The van der Waals surface area contributed by atoms with Crippen molar-refractivity contribution in [1.82, 2.24) is 5.01 Å². The van der Waals surface area contributed by atoms with Crippen molar-refractivity contribution in [2.45, 2.75) is 11.2 Å². The van der Waals surface area contributed by atoms with E-state index in [0.717, 1.165) is 5.56 Å². The van der Waals surface area contributed by atoms with Gasteiger partial charge in [-0.3, -0.25) is 4.79 Å². The average Bonchev–Trinajstić information content (AvgIpc) is 2.40. The first kappa shape index (κ1) is 12.9. The van der Waals surface area contributed by atoms with Gasteiger partial charge in [-0.15, -0.1) is 0 Å². The number of amides is 1. The summed E-state index contributed by atoms with van der Waals surface area (Å²) < 4.78 is -0.838. The lowest BCUT2D eigenvalue weighted by Gasteiger charge is -2.16. The molecule has 3 nitrogen and oxygen atoms in total. The topological polar surface area (TPSA) is 32.7 Å². The maximum absolute atomic E-state index is 11.9. The number of rotatable bonds is 1. The molecule has 0 aromatic heterocycles. The summed E-state index contributed by atoms with van der Waals surface area (Å²) in [7, 11) is 1.61. The smallest absolute Gasteiger partial charge is 0.265 e. The van der Waals surface area contributed by atoms with Crippen LogP contribution in [0.3, 0.4) is 0 Å². The van der Waals surface area contributed by atoms with E-state index in [9.17, 15) is 4.79 Å². The minimum atomic E-state index is -0.838. The number of carbonyl (C=O) groups is 1. The van der Waals surface area contributed by atoms with E-state index in [1.54, 1.807) is 32.2 Å². The third-order valence-electron chi connectivity index (χ3n) is 2.53. The summed E-state index contributed by atoms with van der Waals surface area (Å²) in [4.78, 5) is 11.9. The highest BCUT2D eigenvalue weighted by atomic mass is 79.9. The molecule has 0 N–H and O–H groups in total. The largest absolute Gasteiger partial charge is 0.271 e. The van der Waals surface area contributed by atoms with Crippen LogP contribution in [0, 0.1) is 0 Å². The Morgan fingerprint density at radius 1 is 1.29 bits per heavy atom. The number of carbonyl (C=O) groups excluding carboxylic acids is 1. The fraction of sp³-hybridized carbons (Fsp3) is 0.273. The van der Waals surface area contributed by atoms with Gasteiger partial charge < -0.3 is 0 Å². The van der Waals surface area contributed by atoms with Crippen LogP contribution in [0.4, 0.5) is 0 Å². The maximum Gasteiger partial charge on any atom is 0.265 e. The Hall–Kier alpha value is -0.580. The van der Waals surface area contributed by atoms with E-state index < -0.39 is 4.32 Å². The normalized spacial score (nSPS) is 24.2. The van der Waals surface area contributed by atoms with Gasteiger partial charge in [0.05, 0.1) is 5.71 Å². The van der Waals surface area contributed by atoms with Gasteiger partial charge in [-0.05, 0) is 25.1 Å². The summed E-state index contributed by atoms with van der Waals surface area (Å²) in [5, 5.41) is 6.54. The molecule has 1 aliphatic heterocycles. The molecule has 1 aliphatic rings. The molecule has 1 aromatic rings. The van der Waals surface area contributed by atoms with Gasteiger partial charge in [-0.25, -0.2) is 5.01 Å². The van der Waals surface area contributed by atoms with Crippen molar-refractivity contribution >= 4 is 50.8 Å². The van der Waals surface area contributed by atoms with Crippen molar-refractivity contribution in [2.24, 2.45) is 5.10 Å². The highest BCUT2D eigenvalue weighted by Crippen LogP contribution is 2.33. The third kappa shape index (κ3) is 2.21. The minimum Gasteiger partial charge on any atom is -0.271 e. The first-order chi connectivity index (χ1) is 7.82. The molecule has 0 fully saturated rings. The maximum atomic E-state index is 11.9. The molecule has 0 saturated heterocycles. The molecule has 1 atom stereocenters. The second kappa shape index (κ2) is 4.26. The van der Waals surface area contributed by atoms with Crippen molar-refractivity contribution in [1.29, 1.82) is 0 Å². The Kier molecular flexibility index (Phi) is 3.23. The SMILES string of the molecule is CN1N=C(c2cc(Cl)cc(Cl)c2)C(C)(Br)C1=O. The highest BCUT2D eigenvalue weighted by molar-refractivity contribution is 9.10. The molecule has 1 aromatic carbocycles. The predicted molar refractivity (Wildman–Crippen MR) is 73.1 cm³/mol. The fourth-order valence-corrected chi connectivity index (χ4v) is 2.80. The third-order valence-corrected chi connectivity index (χ3v) is 3.68. The van der Waals surface area contributed by atoms with Crippen LogP contribution in [0.25, 0.3) is 0 Å². The summed E-state index contributed by atoms with van der Waals surface area (Å²) in [5.41, 5.74) is 1.34. The first-order valence-electron chi connectivity index (χ1n) is 4.85. The second-order valence-electron chi connectivity index (χ2n) is 3.94. The fourth-order valence-electron chi connectivity index (χ4n) is 1.71. The Bertz CT molecular complexity index is 508. The number of benzene rings is 1. The van der Waals surface area contributed by atoms with Crippen molar-refractivity contribution < 1.29 is 4.79 Å². The molecule has 0 radical (unpaired) electrons. The van der Waals surface area contributed by atoms with Crippen molar-refractivity contribution in [3.05, 3.63) is 33.8 Å². The molecule has 0 saturated carbocycles. The number of hydrogen-bond donors (Lipinski definition) is 0. The van der Waals surface area contributed by atoms with Crippen LogP contribution in [0.5, 0.6) is 0 Å². The average molecular weight is 336 g/mol. The van der Waals surface area contributed by atoms with Crippen LogP contribution < -0.4 is 0 Å². The number of nitrogens with zero attached hydrogens (tertiary/aromatic N) is 2. The molecule has 0 spiro atoms. The standard InChI is InChI=1S/C11H9BrCl2N2O/c1-11(12)9(15-16(2)10(11)17)6-3-7(13)5-8(14)4-6/h3-5H,1-2H3. The van der Waals surface area contributed by atoms with Crippen molar-refractivity contribution in [2.75, 3.05) is 7.05 Å². The molecule has 0 aliphatic carbocycles. The molecular weight excluding hydrogens is 327 g/mol. The van der Waals surface area contributed by atoms with Gasteiger partial charge in [-0.2, -0.15) is 5.10 Å². The Balaban J connectivity index is 2.54. The Morgan fingerprint density at radius 3 is 2.24 bits per heavy atom. The predicted octanol–water partition coefficient (Wildman–Crippen LogP) is 3.32. The molecular formula is C11H9BrCl2N2O. The Labute approximate surface area is 118 Å². The van der Waals surface area contributed by atoms with Gasteiger partial charge >= 0.3 is 0 Å². The van der Waals surface area contributed by atoms with Crippen LogP contribution in [0.2, 0.25) is 10.0 Å². The summed E-state index contributed by atoms with van der Waals surface area (Å²) in [6, 6.07) is 5.11. The van der Waals surface area contributed by atoms with Crippen LogP contribution >= 0.6 is 39.1 Å². The van der Waals surface area contributed by atoms with E-state index in [-0.39, 0.29) is 5.91 Å². The monoisotopic (exact) mass is 334 g/mol. The molecule has 1 unspecified atom stereocenters. The van der Waals surface area contributed by atoms with Gasteiger partial charge in [0.2, 0.25) is 0 Å². The first-order valence-corrected chi connectivity index (χ1v) is 6.40. The van der Waals surface area contributed by atoms with E-state index in [1.165, 1.54) is 5.01 Å². The van der Waals surface area contributed by atoms with Gasteiger partial charge in [0.15, 0.2) is 0 Å². The highest BCUT2D eigenvalue weighted by Gasteiger charge is 2.44. The van der Waals surface area contributed by atoms with Gasteiger partial charge in [-0.1, -0.05) is 39.1 Å². The zero-order chi connectivity index (χ0) is 12.8. The molecule has 1 heterocycles. The molecule has 6 heteroatoms. The quantitative estimate of drug-likeness (QED) is 0.724. The number of hydrazone groups is 1. The van der Waals surface area contributed by atoms with E-state index in [0.29, 0.717) is 15.8 Å². The Morgan fingerprint density at radius 2 is 1.82 bits per heavy atom. The summed E-state index contributed by atoms with van der Waals surface area (Å²) in [6.45, 7) is 1.76. The number of hydrogen-bond acceptors (Lipinski definition) is 2. The molecule has 0 bridgehead atoms. The molecule has 17 heavy (non-hydrogen) atoms. The van der Waals surface area contributed by atoms with E-state index >= 15 is 0 Å². The van der Waals surface area contributed by atoms with Crippen LogP contribution in [-0.2, 0) is 4.79 Å². The van der Waals surface area contributed by atoms with Gasteiger partial charge in [0, 0.05) is 22.7 Å². The zero-order valence-corrected chi connectivity index (χ0v) is 12.3. The molecule has 90 valence electrons. The molecule has 1 amide bonds. The van der Waals surface area contributed by atoms with Crippen molar-refractivity contribution in [3.63, 3.8) is 0 Å². The van der Waals surface area contributed by atoms with E-state index in [4.69, 9.17) is 23.2 Å². The van der Waals surface area contributed by atoms with Gasteiger partial charge in [0.1, 0.15) is 4.32 Å². The summed E-state index contributed by atoms with van der Waals surface area (Å²) in [6.07, 6.45) is 0. The van der Waals surface area contributed by atoms with Crippen LogP contribution in [-0.4, -0.2) is 28.0 Å². The lowest BCUT2D eigenvalue weighted by Crippen LogP contribution is -2.37.